The van der Waals surface area contributed by atoms with Crippen LogP contribution >= 0.6 is 0 Å². The number of halogens is 3. The molecule has 2 N–H and O–H groups in total. The van der Waals surface area contributed by atoms with Gasteiger partial charge in [0.2, 0.25) is 5.91 Å². The lowest BCUT2D eigenvalue weighted by atomic mass is 10.0. The van der Waals surface area contributed by atoms with Crippen molar-refractivity contribution in [3.63, 3.8) is 0 Å². The topological polar surface area (TPSA) is 49.6 Å². The minimum Gasteiger partial charge on any atom is -0.348 e. The number of hydrogen-bond donors (Lipinski definition) is 1. The van der Waals surface area contributed by atoms with E-state index >= 15 is 0 Å². The largest absolute Gasteiger partial charge is 0.405 e. The summed E-state index contributed by atoms with van der Waals surface area (Å²) in [5.41, 5.74) is 5.47. The van der Waals surface area contributed by atoms with E-state index < -0.39 is 18.3 Å². The Morgan fingerprint density at radius 3 is 2.06 bits per heavy atom. The van der Waals surface area contributed by atoms with Crippen LogP contribution in [0.15, 0.2) is 0 Å². The summed E-state index contributed by atoms with van der Waals surface area (Å²) in [5, 5.41) is 0. The Kier molecular flexibility index (Phi) is 5.91. The molecule has 1 amide bonds. The molecular formula is C10H20F3N3O. The molecule has 0 spiro atoms. The monoisotopic (exact) mass is 255 g/mol. The number of rotatable bonds is 5. The Labute approximate surface area is 99.5 Å². The average Bonchev–Trinajstić information content (AvgIpc) is 2.14. The molecule has 0 aromatic heterocycles. The van der Waals surface area contributed by atoms with Gasteiger partial charge in [-0.05, 0) is 13.5 Å². The highest BCUT2D eigenvalue weighted by Crippen LogP contribution is 2.26. The summed E-state index contributed by atoms with van der Waals surface area (Å²) in [4.78, 5) is 13.6. The third-order valence-electron chi connectivity index (χ3n) is 2.57. The fraction of sp³-hybridized carbons (Fsp3) is 0.900. The molecule has 0 aromatic rings. The first-order chi connectivity index (χ1) is 7.61. The third-order valence-corrected chi connectivity index (χ3v) is 2.57. The molecule has 0 aliphatic rings. The zero-order chi connectivity index (χ0) is 13.8. The number of amides is 1. The van der Waals surface area contributed by atoms with E-state index in [1.165, 1.54) is 26.0 Å². The van der Waals surface area contributed by atoms with E-state index in [-0.39, 0.29) is 18.9 Å². The maximum atomic E-state index is 12.8. The molecule has 0 heterocycles. The molecule has 2 unspecified atom stereocenters. The Bertz CT molecular complexity index is 256. The maximum Gasteiger partial charge on any atom is 0.405 e. The van der Waals surface area contributed by atoms with Crippen LogP contribution in [0.5, 0.6) is 0 Å². The van der Waals surface area contributed by atoms with Crippen LogP contribution in [0, 0.1) is 0 Å². The van der Waals surface area contributed by atoms with E-state index in [2.05, 4.69) is 0 Å². The van der Waals surface area contributed by atoms with Gasteiger partial charge in [0.25, 0.3) is 0 Å². The van der Waals surface area contributed by atoms with E-state index in [0.29, 0.717) is 0 Å². The second kappa shape index (κ2) is 6.20. The van der Waals surface area contributed by atoms with Crippen molar-refractivity contribution in [2.24, 2.45) is 5.73 Å². The van der Waals surface area contributed by atoms with Gasteiger partial charge in [-0.2, -0.15) is 13.2 Å². The van der Waals surface area contributed by atoms with Gasteiger partial charge in [0, 0.05) is 20.1 Å². The first-order valence-corrected chi connectivity index (χ1v) is 5.33. The second-order valence-electron chi connectivity index (χ2n) is 4.26. The van der Waals surface area contributed by atoms with Gasteiger partial charge in [0.05, 0.1) is 6.54 Å². The average molecular weight is 255 g/mol. The number of carbonyl (C=O) groups excluding carboxylic acids is 1. The van der Waals surface area contributed by atoms with Gasteiger partial charge < -0.3 is 10.6 Å². The number of alkyl halides is 3. The lowest BCUT2D eigenvalue weighted by molar-refractivity contribution is -0.186. The Morgan fingerprint density at radius 1 is 1.29 bits per heavy atom. The molecule has 0 aliphatic carbocycles. The molecule has 0 radical (unpaired) electrons. The van der Waals surface area contributed by atoms with E-state index in [4.69, 9.17) is 5.73 Å². The molecule has 7 heteroatoms. The lowest BCUT2D eigenvalue weighted by Gasteiger charge is -2.33. The minimum absolute atomic E-state index is 0.199. The summed E-state index contributed by atoms with van der Waals surface area (Å²) in [6.07, 6.45) is -4.23. The number of nitrogens with zero attached hydrogens (tertiary/aromatic N) is 2. The third kappa shape index (κ3) is 4.91. The van der Waals surface area contributed by atoms with Crippen molar-refractivity contribution in [1.82, 2.24) is 9.80 Å². The van der Waals surface area contributed by atoms with E-state index in [9.17, 15) is 18.0 Å². The second-order valence-corrected chi connectivity index (χ2v) is 4.26. The molecule has 4 nitrogen and oxygen atoms in total. The SMILES string of the molecule is CCC(N)C(N(C)CC(=O)N(C)C)C(F)(F)F. The Hall–Kier alpha value is -0.820. The molecule has 0 aromatic carbocycles. The van der Waals surface area contributed by atoms with E-state index in [1.54, 1.807) is 6.92 Å². The summed E-state index contributed by atoms with van der Waals surface area (Å²) in [7, 11) is 4.26. The zero-order valence-corrected chi connectivity index (χ0v) is 10.6. The highest BCUT2D eigenvalue weighted by Gasteiger charge is 2.45. The molecule has 0 bridgehead atoms. The molecule has 17 heavy (non-hydrogen) atoms. The smallest absolute Gasteiger partial charge is 0.348 e. The van der Waals surface area contributed by atoms with Gasteiger partial charge in [-0.15, -0.1) is 0 Å². The number of nitrogens with two attached hydrogens (primary N) is 1. The molecule has 2 atom stereocenters. The zero-order valence-electron chi connectivity index (χ0n) is 10.6. The van der Waals surface area contributed by atoms with Crippen LogP contribution in [0.2, 0.25) is 0 Å². The van der Waals surface area contributed by atoms with Crippen LogP contribution in [0.1, 0.15) is 13.3 Å². The van der Waals surface area contributed by atoms with Crippen molar-refractivity contribution in [3.8, 4) is 0 Å². The van der Waals surface area contributed by atoms with Gasteiger partial charge in [0.15, 0.2) is 0 Å². The Balaban J connectivity index is 4.77. The minimum atomic E-state index is -4.43. The van der Waals surface area contributed by atoms with E-state index in [1.807, 2.05) is 0 Å². The highest BCUT2D eigenvalue weighted by atomic mass is 19.4. The van der Waals surface area contributed by atoms with Crippen LogP contribution in [-0.4, -0.2) is 61.7 Å². The number of carbonyl (C=O) groups is 1. The van der Waals surface area contributed by atoms with Crippen LogP contribution in [-0.2, 0) is 4.79 Å². The molecular weight excluding hydrogens is 235 g/mol. The van der Waals surface area contributed by atoms with Crippen molar-refractivity contribution in [3.05, 3.63) is 0 Å². The van der Waals surface area contributed by atoms with Crippen molar-refractivity contribution in [1.29, 1.82) is 0 Å². The molecule has 0 rings (SSSR count). The van der Waals surface area contributed by atoms with Crippen molar-refractivity contribution in [2.75, 3.05) is 27.7 Å². The fourth-order valence-electron chi connectivity index (χ4n) is 1.50. The fourth-order valence-corrected chi connectivity index (χ4v) is 1.50. The highest BCUT2D eigenvalue weighted by molar-refractivity contribution is 5.77. The molecule has 0 saturated heterocycles. The van der Waals surface area contributed by atoms with Gasteiger partial charge in [0.1, 0.15) is 6.04 Å². The van der Waals surface area contributed by atoms with Gasteiger partial charge >= 0.3 is 6.18 Å². The number of hydrogen-bond acceptors (Lipinski definition) is 3. The van der Waals surface area contributed by atoms with Gasteiger partial charge in [-0.1, -0.05) is 6.92 Å². The standard InChI is InChI=1S/C10H20F3N3O/c1-5-7(14)9(10(11,12)13)16(4)6-8(17)15(2)3/h7,9H,5-6,14H2,1-4H3. The van der Waals surface area contributed by atoms with Crippen molar-refractivity contribution in [2.45, 2.75) is 31.6 Å². The summed E-state index contributed by atoms with van der Waals surface area (Å²) in [6, 6.07) is -2.83. The van der Waals surface area contributed by atoms with E-state index in [0.717, 1.165) is 4.90 Å². The summed E-state index contributed by atoms with van der Waals surface area (Å²) >= 11 is 0. The van der Waals surface area contributed by atoms with Crippen molar-refractivity contribution < 1.29 is 18.0 Å². The number of likely N-dealkylation sites (N-methyl/N-ethyl adjacent to an activating group) is 2. The van der Waals surface area contributed by atoms with Crippen molar-refractivity contribution >= 4 is 5.91 Å². The summed E-state index contributed by atoms with van der Waals surface area (Å²) in [5.74, 6) is -0.384. The maximum absolute atomic E-state index is 12.8. The molecule has 0 fully saturated rings. The Morgan fingerprint density at radius 2 is 1.76 bits per heavy atom. The summed E-state index contributed by atoms with van der Waals surface area (Å²) < 4.78 is 38.4. The first kappa shape index (κ1) is 16.2. The van der Waals surface area contributed by atoms with Crippen LogP contribution in [0.3, 0.4) is 0 Å². The molecule has 102 valence electrons. The summed E-state index contributed by atoms with van der Waals surface area (Å²) in [6.45, 7) is 1.29. The van der Waals surface area contributed by atoms with Gasteiger partial charge in [-0.25, -0.2) is 0 Å². The van der Waals surface area contributed by atoms with Gasteiger partial charge in [-0.3, -0.25) is 9.69 Å². The first-order valence-electron chi connectivity index (χ1n) is 5.33. The van der Waals surface area contributed by atoms with Crippen LogP contribution in [0.25, 0.3) is 0 Å². The quantitative estimate of drug-likeness (QED) is 0.785. The molecule has 0 aliphatic heterocycles. The predicted molar refractivity (Wildman–Crippen MR) is 59.4 cm³/mol. The predicted octanol–water partition coefficient (Wildman–Crippen LogP) is 0.675. The van der Waals surface area contributed by atoms with Crippen LogP contribution in [0.4, 0.5) is 13.2 Å². The lowest BCUT2D eigenvalue weighted by Crippen LogP contribution is -2.56. The molecule has 0 saturated carbocycles. The van der Waals surface area contributed by atoms with Crippen LogP contribution < -0.4 is 5.73 Å². The normalized spacial score (nSPS) is 15.8.